The van der Waals surface area contributed by atoms with Crippen LogP contribution in [0.2, 0.25) is 0 Å². The molecule has 0 spiro atoms. The van der Waals surface area contributed by atoms with E-state index in [0.717, 1.165) is 30.5 Å². The molecule has 4 heteroatoms. The van der Waals surface area contributed by atoms with E-state index < -0.39 is 0 Å². The van der Waals surface area contributed by atoms with E-state index >= 15 is 0 Å². The smallest absolute Gasteiger partial charge is 0.227 e. The summed E-state index contributed by atoms with van der Waals surface area (Å²) in [6.45, 7) is 7.58. The lowest BCUT2D eigenvalue weighted by Gasteiger charge is -2.22. The molecule has 2 amide bonds. The van der Waals surface area contributed by atoms with Crippen LogP contribution in [0.4, 0.5) is 5.69 Å². The molecule has 1 aliphatic heterocycles. The second-order valence-corrected chi connectivity index (χ2v) is 6.62. The van der Waals surface area contributed by atoms with Crippen LogP contribution in [-0.4, -0.2) is 24.9 Å². The predicted molar refractivity (Wildman–Crippen MR) is 93.5 cm³/mol. The van der Waals surface area contributed by atoms with E-state index in [4.69, 9.17) is 0 Å². The molecule has 0 aliphatic carbocycles. The van der Waals surface area contributed by atoms with Crippen molar-refractivity contribution in [2.75, 3.05) is 18.0 Å². The van der Waals surface area contributed by atoms with Crippen molar-refractivity contribution >= 4 is 17.5 Å². The zero-order chi connectivity index (χ0) is 16.8. The summed E-state index contributed by atoms with van der Waals surface area (Å²) in [5.74, 6) is 0.177. The molecule has 1 N–H and O–H groups in total. The molecule has 23 heavy (non-hydrogen) atoms. The maximum Gasteiger partial charge on any atom is 0.227 e. The lowest BCUT2D eigenvalue weighted by Crippen LogP contribution is -2.33. The van der Waals surface area contributed by atoms with Crippen molar-refractivity contribution in [3.8, 4) is 0 Å². The van der Waals surface area contributed by atoms with Gasteiger partial charge in [0.05, 0.1) is 5.92 Å². The molecule has 0 bridgehead atoms. The number of para-hydroxylation sites is 1. The van der Waals surface area contributed by atoms with Crippen LogP contribution in [0.3, 0.4) is 0 Å². The van der Waals surface area contributed by atoms with Crippen molar-refractivity contribution in [1.29, 1.82) is 0 Å². The van der Waals surface area contributed by atoms with Crippen molar-refractivity contribution in [1.82, 2.24) is 5.32 Å². The quantitative estimate of drug-likeness (QED) is 0.783. The normalized spacial score (nSPS) is 17.8. The minimum absolute atomic E-state index is 0.0129. The predicted octanol–water partition coefficient (Wildman–Crippen LogP) is 3.47. The van der Waals surface area contributed by atoms with E-state index in [1.165, 1.54) is 0 Å². The van der Waals surface area contributed by atoms with Gasteiger partial charge in [0, 0.05) is 25.2 Å². The Morgan fingerprint density at radius 3 is 2.74 bits per heavy atom. The summed E-state index contributed by atoms with van der Waals surface area (Å²) in [5, 5.41) is 2.97. The van der Waals surface area contributed by atoms with Crippen molar-refractivity contribution in [2.45, 2.75) is 52.4 Å². The minimum atomic E-state index is -0.232. The van der Waals surface area contributed by atoms with Gasteiger partial charge in [-0.3, -0.25) is 9.59 Å². The Kier molecular flexibility index (Phi) is 6.20. The van der Waals surface area contributed by atoms with E-state index in [1.807, 2.05) is 18.2 Å². The Labute approximate surface area is 139 Å². The number of nitrogens with one attached hydrogen (secondary N) is 1. The third-order valence-corrected chi connectivity index (χ3v) is 4.42. The van der Waals surface area contributed by atoms with E-state index in [0.29, 0.717) is 25.4 Å². The number of amides is 2. The van der Waals surface area contributed by atoms with Crippen LogP contribution in [0.25, 0.3) is 0 Å². The molecule has 126 valence electrons. The van der Waals surface area contributed by atoms with Gasteiger partial charge in [-0.2, -0.15) is 0 Å². The number of hydrogen-bond donors (Lipinski definition) is 1. The number of benzene rings is 1. The van der Waals surface area contributed by atoms with Crippen LogP contribution in [0.1, 0.15) is 57.9 Å². The molecule has 1 heterocycles. The molecule has 1 aliphatic rings. The second kappa shape index (κ2) is 8.14. The molecule has 1 unspecified atom stereocenters. The summed E-state index contributed by atoms with van der Waals surface area (Å²) in [7, 11) is 0. The topological polar surface area (TPSA) is 49.4 Å². The van der Waals surface area contributed by atoms with E-state index in [1.54, 1.807) is 4.90 Å². The summed E-state index contributed by atoms with van der Waals surface area (Å²) in [6.07, 6.45) is 3.57. The van der Waals surface area contributed by atoms with E-state index in [-0.39, 0.29) is 17.7 Å². The van der Waals surface area contributed by atoms with Crippen LogP contribution < -0.4 is 10.2 Å². The van der Waals surface area contributed by atoms with Crippen LogP contribution in [-0.2, 0) is 9.59 Å². The van der Waals surface area contributed by atoms with E-state index in [2.05, 4.69) is 32.2 Å². The number of carbonyl (C=O) groups excluding carboxylic acids is 2. The summed E-state index contributed by atoms with van der Waals surface area (Å²) in [5.41, 5.74) is 2.11. The number of nitrogens with zero attached hydrogens (tertiary/aromatic N) is 1. The van der Waals surface area contributed by atoms with Gasteiger partial charge in [-0.1, -0.05) is 51.8 Å². The molecule has 0 radical (unpaired) electrons. The zero-order valence-corrected chi connectivity index (χ0v) is 14.5. The van der Waals surface area contributed by atoms with Gasteiger partial charge < -0.3 is 10.2 Å². The first-order valence-corrected chi connectivity index (χ1v) is 8.71. The Morgan fingerprint density at radius 1 is 1.30 bits per heavy atom. The van der Waals surface area contributed by atoms with Crippen molar-refractivity contribution < 1.29 is 9.59 Å². The average molecular weight is 316 g/mol. The minimum Gasteiger partial charge on any atom is -0.356 e. The molecular formula is C19H28N2O2. The summed E-state index contributed by atoms with van der Waals surface area (Å²) in [4.78, 5) is 26.4. The molecule has 1 saturated heterocycles. The fourth-order valence-corrected chi connectivity index (χ4v) is 3.07. The van der Waals surface area contributed by atoms with Crippen molar-refractivity contribution in [2.24, 2.45) is 5.92 Å². The Balaban J connectivity index is 2.01. The van der Waals surface area contributed by atoms with Crippen LogP contribution in [0.5, 0.6) is 0 Å². The largest absolute Gasteiger partial charge is 0.356 e. The number of unbranched alkanes of at least 4 members (excludes halogenated alkanes) is 2. The SMILES string of the molecule is CCCCCNC(=O)C1CC(=O)N(c2ccccc2C(C)C)C1. The van der Waals surface area contributed by atoms with E-state index in [9.17, 15) is 9.59 Å². The Morgan fingerprint density at radius 2 is 2.04 bits per heavy atom. The van der Waals surface area contributed by atoms with Crippen molar-refractivity contribution in [3.05, 3.63) is 29.8 Å². The molecule has 1 aromatic rings. The first-order valence-electron chi connectivity index (χ1n) is 8.71. The molecule has 1 aromatic carbocycles. The fourth-order valence-electron chi connectivity index (χ4n) is 3.07. The number of rotatable bonds is 7. The molecule has 4 nitrogen and oxygen atoms in total. The van der Waals surface area contributed by atoms with Gasteiger partial charge in [0.2, 0.25) is 11.8 Å². The van der Waals surface area contributed by atoms with Gasteiger partial charge in [-0.05, 0) is 24.0 Å². The molecule has 0 aromatic heterocycles. The van der Waals surface area contributed by atoms with Gasteiger partial charge in [0.1, 0.15) is 0 Å². The zero-order valence-electron chi connectivity index (χ0n) is 14.5. The Hall–Kier alpha value is -1.84. The highest BCUT2D eigenvalue weighted by Crippen LogP contribution is 2.32. The number of anilines is 1. The van der Waals surface area contributed by atoms with Crippen LogP contribution in [0, 0.1) is 5.92 Å². The van der Waals surface area contributed by atoms with Gasteiger partial charge in [-0.15, -0.1) is 0 Å². The molecular weight excluding hydrogens is 288 g/mol. The molecule has 1 fully saturated rings. The van der Waals surface area contributed by atoms with Gasteiger partial charge >= 0.3 is 0 Å². The van der Waals surface area contributed by atoms with Crippen LogP contribution in [0.15, 0.2) is 24.3 Å². The second-order valence-electron chi connectivity index (χ2n) is 6.62. The fraction of sp³-hybridized carbons (Fsp3) is 0.579. The summed E-state index contributed by atoms with van der Waals surface area (Å²) < 4.78 is 0. The highest BCUT2D eigenvalue weighted by Gasteiger charge is 2.35. The standard InChI is InChI=1S/C19H28N2O2/c1-4-5-8-11-20-19(23)15-12-18(22)21(13-15)17-10-7-6-9-16(17)14(2)3/h6-7,9-10,14-15H,4-5,8,11-13H2,1-3H3,(H,20,23). The number of carbonyl (C=O) groups is 2. The summed E-state index contributed by atoms with van der Waals surface area (Å²) >= 11 is 0. The maximum atomic E-state index is 12.4. The first-order chi connectivity index (χ1) is 11.0. The lowest BCUT2D eigenvalue weighted by molar-refractivity contribution is -0.126. The maximum absolute atomic E-state index is 12.4. The third-order valence-electron chi connectivity index (χ3n) is 4.42. The average Bonchev–Trinajstić information content (AvgIpc) is 2.93. The first kappa shape index (κ1) is 17.5. The Bertz CT molecular complexity index is 554. The highest BCUT2D eigenvalue weighted by atomic mass is 16.2. The highest BCUT2D eigenvalue weighted by molar-refractivity contribution is 6.00. The van der Waals surface area contributed by atoms with Crippen LogP contribution >= 0.6 is 0 Å². The van der Waals surface area contributed by atoms with Gasteiger partial charge in [-0.25, -0.2) is 0 Å². The third kappa shape index (κ3) is 4.34. The number of hydrogen-bond acceptors (Lipinski definition) is 2. The van der Waals surface area contributed by atoms with Crippen molar-refractivity contribution in [3.63, 3.8) is 0 Å². The van der Waals surface area contributed by atoms with Gasteiger partial charge in [0.25, 0.3) is 0 Å². The summed E-state index contributed by atoms with van der Waals surface area (Å²) in [6, 6.07) is 7.99. The lowest BCUT2D eigenvalue weighted by atomic mass is 10.0. The monoisotopic (exact) mass is 316 g/mol. The van der Waals surface area contributed by atoms with Gasteiger partial charge in [0.15, 0.2) is 0 Å². The molecule has 0 saturated carbocycles. The molecule has 2 rings (SSSR count). The molecule has 1 atom stereocenters.